The van der Waals surface area contributed by atoms with Gasteiger partial charge in [0.1, 0.15) is 0 Å². The Hall–Kier alpha value is -15.2. The second kappa shape index (κ2) is 30.7. The third-order valence-corrected chi connectivity index (χ3v) is 21.0. The smallest absolute Gasteiger partial charge is 0.164 e. The highest BCUT2D eigenvalue weighted by molar-refractivity contribution is 6.10. The van der Waals surface area contributed by atoms with Gasteiger partial charge in [0.2, 0.25) is 0 Å². The minimum atomic E-state index is 0.619. The summed E-state index contributed by atoms with van der Waals surface area (Å²) < 4.78 is 0. The summed E-state index contributed by atoms with van der Waals surface area (Å²) in [5.41, 5.74) is 30.9. The van der Waals surface area contributed by atoms with Crippen LogP contribution in [-0.4, -0.2) is 44.9 Å². The molecule has 0 aliphatic rings. The molecule has 0 fully saturated rings. The highest BCUT2D eigenvalue weighted by atomic mass is 15.0. The van der Waals surface area contributed by atoms with Crippen molar-refractivity contribution in [3.63, 3.8) is 0 Å². The van der Waals surface area contributed by atoms with E-state index >= 15 is 0 Å². The first kappa shape index (κ1) is 69.3. The van der Waals surface area contributed by atoms with E-state index in [4.69, 9.17) is 44.9 Å². The lowest BCUT2D eigenvalue weighted by molar-refractivity contribution is 1.07. The fraction of sp³-hybridized carbons (Fsp3) is 0.0190. The highest BCUT2D eigenvalue weighted by Gasteiger charge is 2.19. The average Bonchev–Trinajstić information content (AvgIpc) is 0.761. The molecule has 0 spiro atoms. The van der Waals surface area contributed by atoms with Crippen LogP contribution in [0.15, 0.2) is 394 Å². The van der Waals surface area contributed by atoms with E-state index in [2.05, 4.69) is 311 Å². The summed E-state index contributed by atoms with van der Waals surface area (Å²) in [6.45, 7) is 4.12. The number of rotatable bonds is 14. The molecule has 6 heterocycles. The summed E-state index contributed by atoms with van der Waals surface area (Å²) in [7, 11) is 0. The maximum Gasteiger partial charge on any atom is 0.164 e. The second-order valence-electron chi connectivity index (χ2n) is 28.5. The summed E-state index contributed by atoms with van der Waals surface area (Å²) in [4.78, 5) is 45.5. The lowest BCUT2D eigenvalue weighted by Gasteiger charge is -2.13. The molecule has 0 N–H and O–H groups in total. The molecule has 0 radical (unpaired) electrons. The van der Waals surface area contributed by atoms with Crippen LogP contribution in [0.5, 0.6) is 0 Å². The first-order valence-corrected chi connectivity index (χ1v) is 38.3. The maximum atomic E-state index is 5.14. The summed E-state index contributed by atoms with van der Waals surface area (Å²) in [6, 6.07) is 137. The molecule has 0 saturated carbocycles. The first-order chi connectivity index (χ1) is 56.2. The van der Waals surface area contributed by atoms with E-state index in [0.717, 1.165) is 178 Å². The van der Waals surface area contributed by atoms with Gasteiger partial charge < -0.3 is 0 Å². The molecule has 20 aromatic rings. The van der Waals surface area contributed by atoms with Crippen molar-refractivity contribution in [3.8, 4) is 157 Å². The van der Waals surface area contributed by atoms with Crippen LogP contribution in [0.4, 0.5) is 0 Å². The van der Waals surface area contributed by atoms with Gasteiger partial charge in [-0.05, 0) is 123 Å². The summed E-state index contributed by atoms with van der Waals surface area (Å²) in [5.74, 6) is 2.58. The van der Waals surface area contributed by atoms with Gasteiger partial charge in [-0.1, -0.05) is 352 Å². The lowest BCUT2D eigenvalue weighted by Crippen LogP contribution is -2.00. The molecule has 0 amide bonds. The number of aryl methyl sites for hydroxylation is 2. The van der Waals surface area contributed by atoms with Crippen LogP contribution in [0, 0.1) is 13.8 Å². The normalized spacial score (nSPS) is 11.2. The zero-order chi connectivity index (χ0) is 76.3. The zero-order valence-electron chi connectivity index (χ0n) is 62.6. The fourth-order valence-corrected chi connectivity index (χ4v) is 15.1. The minimum Gasteiger partial charge on any atom is -0.251 e. The quantitative estimate of drug-likeness (QED) is 0.0981. The Labute approximate surface area is 661 Å². The van der Waals surface area contributed by atoms with E-state index in [1.807, 2.05) is 97.1 Å². The monoisotopic (exact) mass is 1460 g/mol. The molecule has 6 aromatic heterocycles. The van der Waals surface area contributed by atoms with Crippen molar-refractivity contribution >= 4 is 43.6 Å². The topological polar surface area (TPSA) is 116 Å². The van der Waals surface area contributed by atoms with E-state index in [0.29, 0.717) is 23.3 Å². The molecule has 20 rings (SSSR count). The third-order valence-electron chi connectivity index (χ3n) is 21.0. The van der Waals surface area contributed by atoms with Crippen LogP contribution in [0.2, 0.25) is 0 Å². The number of hydrogen-bond donors (Lipinski definition) is 0. The molecule has 0 aliphatic heterocycles. The average molecular weight is 1460 g/mol. The molecule has 0 bridgehead atoms. The molecular formula is C105H71N9. The molecule has 9 heteroatoms. The molecule has 14 aromatic carbocycles. The van der Waals surface area contributed by atoms with Gasteiger partial charge in [0.25, 0.3) is 0 Å². The predicted octanol–water partition coefficient (Wildman–Crippen LogP) is 26.5. The molecule has 9 nitrogen and oxygen atoms in total. The van der Waals surface area contributed by atoms with Crippen molar-refractivity contribution in [3.05, 3.63) is 406 Å². The Morgan fingerprint density at radius 3 is 0.842 bits per heavy atom. The van der Waals surface area contributed by atoms with Crippen molar-refractivity contribution in [1.82, 2.24) is 44.9 Å². The van der Waals surface area contributed by atoms with Gasteiger partial charge >= 0.3 is 0 Å². The Morgan fingerprint density at radius 1 is 0.149 bits per heavy atom. The zero-order valence-corrected chi connectivity index (χ0v) is 62.6. The van der Waals surface area contributed by atoms with Crippen LogP contribution >= 0.6 is 0 Å². The van der Waals surface area contributed by atoms with E-state index in [1.54, 1.807) is 0 Å². The summed E-state index contributed by atoms with van der Waals surface area (Å²) in [6.07, 6.45) is 0. The molecule has 0 aliphatic carbocycles. The van der Waals surface area contributed by atoms with E-state index in [1.165, 1.54) is 11.1 Å². The molecule has 0 saturated heterocycles. The van der Waals surface area contributed by atoms with Crippen molar-refractivity contribution in [2.75, 3.05) is 0 Å². The van der Waals surface area contributed by atoms with Crippen molar-refractivity contribution in [2.24, 2.45) is 0 Å². The molecular weight excluding hydrogens is 1390 g/mol. The molecule has 0 unspecified atom stereocenters. The fourth-order valence-electron chi connectivity index (χ4n) is 15.1. The Kier molecular flexibility index (Phi) is 18.7. The van der Waals surface area contributed by atoms with Gasteiger partial charge in [0, 0.05) is 77.4 Å². The largest absolute Gasteiger partial charge is 0.251 e. The number of benzene rings is 14. The van der Waals surface area contributed by atoms with Gasteiger partial charge in [-0.25, -0.2) is 34.9 Å². The number of pyridine rings is 4. The van der Waals surface area contributed by atoms with Gasteiger partial charge in [-0.2, -0.15) is 0 Å². The number of aromatic nitrogens is 9. The van der Waals surface area contributed by atoms with Gasteiger partial charge in [0.15, 0.2) is 23.3 Å². The van der Waals surface area contributed by atoms with Crippen molar-refractivity contribution in [1.29, 1.82) is 0 Å². The summed E-state index contributed by atoms with van der Waals surface area (Å²) in [5, 5.41) is 4.31. The predicted molar refractivity (Wildman–Crippen MR) is 469 cm³/mol. The number of nitrogens with zero attached hydrogens (tertiary/aromatic N) is 9. The van der Waals surface area contributed by atoms with Crippen LogP contribution in [0.3, 0.4) is 0 Å². The Morgan fingerprint density at radius 2 is 0.421 bits per heavy atom. The van der Waals surface area contributed by atoms with E-state index in [9.17, 15) is 0 Å². The second-order valence-corrected chi connectivity index (χ2v) is 28.5. The lowest BCUT2D eigenvalue weighted by atomic mass is 9.95. The standard InChI is InChI=1S/C53H36N4.C52H35N5/c1-35-33-47(46-31-29-44-30-32-48(41-13-7-3-8-14-41)55-51(44)52(46)54-35)40-23-17-38(18-24-40)39-19-25-43(26-20-39)50-34-49(42-15-9-4-10-16-42)56-53(57-50)45-27-21-37(22-28-45)36-11-5-2-6-12-36;1-34-31-46(45-29-27-38-28-30-47(37-15-7-3-8-16-37)54-48(38)49(45)53-34)43-21-11-19-41(32-43)42-20-12-22-44(33-42)52-56-50(39-17-9-4-10-18-39)55-51(57-52)40-25-23-36(24-26-40)35-13-5-2-6-14-35/h2-34H,1H3;2-33H,1H3. The van der Waals surface area contributed by atoms with Crippen LogP contribution in [0.25, 0.3) is 201 Å². The van der Waals surface area contributed by atoms with Crippen LogP contribution < -0.4 is 0 Å². The Balaban J connectivity index is 0.000000153. The van der Waals surface area contributed by atoms with Crippen molar-refractivity contribution < 1.29 is 0 Å². The van der Waals surface area contributed by atoms with Gasteiger partial charge in [-0.3, -0.25) is 9.97 Å². The molecule has 0 atom stereocenters. The third kappa shape index (κ3) is 14.4. The maximum absolute atomic E-state index is 5.14. The molecule has 114 heavy (non-hydrogen) atoms. The van der Waals surface area contributed by atoms with Crippen molar-refractivity contribution in [2.45, 2.75) is 13.8 Å². The van der Waals surface area contributed by atoms with Crippen LogP contribution in [0.1, 0.15) is 11.4 Å². The SMILES string of the molecule is Cc1cc(-c2ccc(-c3ccc(-c4cc(-c5ccccc5)nc(-c5ccc(-c6ccccc6)cc5)n4)cc3)cc2)c2ccc3ccc(-c4ccccc4)nc3c2n1.Cc1cc(-c2cccc(-c3cccc(-c4nc(-c5ccccc5)nc(-c5ccc(-c6ccccc6)cc5)n4)c3)c2)c2ccc3ccc(-c4ccccc4)nc3c2n1. The molecule has 536 valence electrons. The number of hydrogen-bond acceptors (Lipinski definition) is 9. The van der Waals surface area contributed by atoms with Gasteiger partial charge in [-0.15, -0.1) is 0 Å². The summed E-state index contributed by atoms with van der Waals surface area (Å²) >= 11 is 0. The number of fused-ring (bicyclic) bond motifs is 6. The highest BCUT2D eigenvalue weighted by Crippen LogP contribution is 2.40. The van der Waals surface area contributed by atoms with Crippen LogP contribution in [-0.2, 0) is 0 Å². The minimum absolute atomic E-state index is 0.619. The Bertz CT molecular complexity index is 6910. The first-order valence-electron chi connectivity index (χ1n) is 38.3. The van der Waals surface area contributed by atoms with Gasteiger partial charge in [0.05, 0.1) is 44.8 Å². The van der Waals surface area contributed by atoms with E-state index in [-0.39, 0.29) is 0 Å². The van der Waals surface area contributed by atoms with E-state index < -0.39 is 0 Å².